The average molecular weight is 335 g/mol. The van der Waals surface area contributed by atoms with Crippen molar-refractivity contribution in [1.29, 1.82) is 0 Å². The zero-order valence-corrected chi connectivity index (χ0v) is 14.2. The second kappa shape index (κ2) is 8.15. The van der Waals surface area contributed by atoms with Gasteiger partial charge in [-0.2, -0.15) is 0 Å². The Morgan fingerprint density at radius 2 is 1.96 bits per heavy atom. The van der Waals surface area contributed by atoms with Crippen molar-refractivity contribution in [2.24, 2.45) is 0 Å². The summed E-state index contributed by atoms with van der Waals surface area (Å²) in [6.45, 7) is 3.67. The summed E-state index contributed by atoms with van der Waals surface area (Å²) >= 11 is 0. The Morgan fingerprint density at radius 3 is 2.76 bits per heavy atom. The largest absolute Gasteiger partial charge is 0.494 e. The van der Waals surface area contributed by atoms with Gasteiger partial charge in [0, 0.05) is 31.7 Å². The lowest BCUT2D eigenvalue weighted by atomic mass is 10.2. The Hall–Kier alpha value is -3.08. The third-order valence-corrected chi connectivity index (χ3v) is 3.83. The summed E-state index contributed by atoms with van der Waals surface area (Å²) in [4.78, 5) is 16.5. The molecule has 128 valence electrons. The molecule has 1 amide bonds. The number of benzene rings is 1. The highest BCUT2D eigenvalue weighted by molar-refractivity contribution is 5.92. The monoisotopic (exact) mass is 335 g/mol. The number of nitrogens with zero attached hydrogens (tertiary/aromatic N) is 2. The van der Waals surface area contributed by atoms with Crippen LogP contribution in [0.25, 0.3) is 0 Å². The maximum atomic E-state index is 12.5. The third-order valence-electron chi connectivity index (χ3n) is 3.83. The minimum Gasteiger partial charge on any atom is -0.494 e. The Labute approximate surface area is 147 Å². The standard InChI is InChI=1S/C20H21N3O2/c1-2-25-18-6-3-5-17(13-18)14-22-20(24)19-7-4-12-23(19)15-16-8-10-21-11-9-16/h3-13H,2,14-15H2,1H3,(H,22,24). The summed E-state index contributed by atoms with van der Waals surface area (Å²) in [5.41, 5.74) is 2.74. The number of pyridine rings is 1. The van der Waals surface area contributed by atoms with Crippen LogP contribution < -0.4 is 10.1 Å². The van der Waals surface area contributed by atoms with Crippen LogP contribution in [0, 0.1) is 0 Å². The van der Waals surface area contributed by atoms with Gasteiger partial charge in [-0.25, -0.2) is 0 Å². The minimum atomic E-state index is -0.0964. The Bertz CT molecular complexity index is 828. The molecule has 0 spiro atoms. The molecule has 0 unspecified atom stereocenters. The smallest absolute Gasteiger partial charge is 0.268 e. The van der Waals surface area contributed by atoms with E-state index < -0.39 is 0 Å². The third kappa shape index (κ3) is 4.47. The molecule has 1 N–H and O–H groups in total. The summed E-state index contributed by atoms with van der Waals surface area (Å²) < 4.78 is 7.42. The topological polar surface area (TPSA) is 56.1 Å². The molecule has 0 saturated heterocycles. The molecule has 2 aromatic heterocycles. The number of aromatic nitrogens is 2. The van der Waals surface area contributed by atoms with Crippen molar-refractivity contribution in [3.63, 3.8) is 0 Å². The van der Waals surface area contributed by atoms with E-state index in [2.05, 4.69) is 10.3 Å². The number of rotatable bonds is 7. The van der Waals surface area contributed by atoms with Gasteiger partial charge in [0.05, 0.1) is 6.61 Å². The number of hydrogen-bond donors (Lipinski definition) is 1. The molecule has 3 rings (SSSR count). The van der Waals surface area contributed by atoms with Crippen LogP contribution in [0.1, 0.15) is 28.5 Å². The van der Waals surface area contributed by atoms with E-state index >= 15 is 0 Å². The molecule has 0 fully saturated rings. The van der Waals surface area contributed by atoms with E-state index in [9.17, 15) is 4.79 Å². The fraction of sp³-hybridized carbons (Fsp3) is 0.200. The van der Waals surface area contributed by atoms with Gasteiger partial charge in [-0.1, -0.05) is 12.1 Å². The zero-order valence-electron chi connectivity index (χ0n) is 14.2. The van der Waals surface area contributed by atoms with Gasteiger partial charge in [-0.15, -0.1) is 0 Å². The van der Waals surface area contributed by atoms with Crippen molar-refractivity contribution in [1.82, 2.24) is 14.9 Å². The maximum Gasteiger partial charge on any atom is 0.268 e. The first-order valence-corrected chi connectivity index (χ1v) is 8.30. The van der Waals surface area contributed by atoms with Crippen LogP contribution in [0.15, 0.2) is 67.1 Å². The van der Waals surface area contributed by atoms with E-state index in [-0.39, 0.29) is 5.91 Å². The normalized spacial score (nSPS) is 10.4. The van der Waals surface area contributed by atoms with Crippen molar-refractivity contribution in [3.05, 3.63) is 83.9 Å². The molecule has 0 aliphatic rings. The van der Waals surface area contributed by atoms with E-state index in [0.29, 0.717) is 25.4 Å². The quantitative estimate of drug-likeness (QED) is 0.721. The lowest BCUT2D eigenvalue weighted by Crippen LogP contribution is -2.25. The van der Waals surface area contributed by atoms with Crippen LogP contribution in [0.4, 0.5) is 0 Å². The maximum absolute atomic E-state index is 12.5. The molecular formula is C20H21N3O2. The highest BCUT2D eigenvalue weighted by atomic mass is 16.5. The molecule has 0 aliphatic carbocycles. The molecule has 0 saturated carbocycles. The molecule has 0 atom stereocenters. The summed E-state index contributed by atoms with van der Waals surface area (Å²) in [5, 5.41) is 2.97. The second-order valence-corrected chi connectivity index (χ2v) is 5.64. The molecule has 5 heteroatoms. The predicted molar refractivity (Wildman–Crippen MR) is 96.6 cm³/mol. The Balaban J connectivity index is 1.64. The van der Waals surface area contributed by atoms with Gasteiger partial charge >= 0.3 is 0 Å². The first-order chi connectivity index (χ1) is 12.3. The van der Waals surface area contributed by atoms with Gasteiger partial charge in [0.25, 0.3) is 5.91 Å². The molecule has 0 radical (unpaired) electrons. The fourth-order valence-corrected chi connectivity index (χ4v) is 2.63. The van der Waals surface area contributed by atoms with Crippen LogP contribution in [-0.2, 0) is 13.1 Å². The van der Waals surface area contributed by atoms with Gasteiger partial charge in [0.15, 0.2) is 0 Å². The first kappa shape index (κ1) is 16.8. The lowest BCUT2D eigenvalue weighted by Gasteiger charge is -2.11. The number of amides is 1. The van der Waals surface area contributed by atoms with E-state index in [1.54, 1.807) is 12.4 Å². The molecule has 0 bridgehead atoms. The van der Waals surface area contributed by atoms with Crippen molar-refractivity contribution in [2.75, 3.05) is 6.61 Å². The van der Waals surface area contributed by atoms with E-state index in [1.165, 1.54) is 0 Å². The number of hydrogen-bond acceptors (Lipinski definition) is 3. The van der Waals surface area contributed by atoms with E-state index in [1.807, 2.05) is 66.2 Å². The lowest BCUT2D eigenvalue weighted by molar-refractivity contribution is 0.0942. The molecular weight excluding hydrogens is 314 g/mol. The summed E-state index contributed by atoms with van der Waals surface area (Å²) in [7, 11) is 0. The zero-order chi connectivity index (χ0) is 17.5. The molecule has 0 aliphatic heterocycles. The number of ether oxygens (including phenoxy) is 1. The van der Waals surface area contributed by atoms with Gasteiger partial charge in [0.1, 0.15) is 11.4 Å². The van der Waals surface area contributed by atoms with Gasteiger partial charge < -0.3 is 14.6 Å². The van der Waals surface area contributed by atoms with Crippen LogP contribution in [0.2, 0.25) is 0 Å². The van der Waals surface area contributed by atoms with Crippen LogP contribution in [-0.4, -0.2) is 22.1 Å². The molecule has 3 aromatic rings. The van der Waals surface area contributed by atoms with Crippen LogP contribution in [0.3, 0.4) is 0 Å². The predicted octanol–water partition coefficient (Wildman–Crippen LogP) is 3.26. The highest BCUT2D eigenvalue weighted by Gasteiger charge is 2.11. The minimum absolute atomic E-state index is 0.0964. The van der Waals surface area contributed by atoms with Crippen molar-refractivity contribution >= 4 is 5.91 Å². The molecule has 2 heterocycles. The average Bonchev–Trinajstić information content (AvgIpc) is 3.09. The van der Waals surface area contributed by atoms with Gasteiger partial charge in [-0.05, 0) is 54.4 Å². The van der Waals surface area contributed by atoms with Gasteiger partial charge in [-0.3, -0.25) is 9.78 Å². The Morgan fingerprint density at radius 1 is 1.12 bits per heavy atom. The van der Waals surface area contributed by atoms with E-state index in [0.717, 1.165) is 16.9 Å². The highest BCUT2D eigenvalue weighted by Crippen LogP contribution is 2.13. The number of carbonyl (C=O) groups is 1. The molecule has 25 heavy (non-hydrogen) atoms. The van der Waals surface area contributed by atoms with Gasteiger partial charge in [0.2, 0.25) is 0 Å². The number of nitrogens with one attached hydrogen (secondary N) is 1. The number of carbonyl (C=O) groups excluding carboxylic acids is 1. The summed E-state index contributed by atoms with van der Waals surface area (Å²) in [6.07, 6.45) is 5.42. The SMILES string of the molecule is CCOc1cccc(CNC(=O)c2cccn2Cc2ccncc2)c1. The van der Waals surface area contributed by atoms with Crippen LogP contribution in [0.5, 0.6) is 5.75 Å². The molecule has 1 aromatic carbocycles. The Kier molecular flexibility index (Phi) is 5.46. The molecule has 5 nitrogen and oxygen atoms in total. The van der Waals surface area contributed by atoms with E-state index in [4.69, 9.17) is 4.74 Å². The summed E-state index contributed by atoms with van der Waals surface area (Å²) in [5.74, 6) is 0.719. The van der Waals surface area contributed by atoms with Crippen LogP contribution >= 0.6 is 0 Å². The van der Waals surface area contributed by atoms with Crippen molar-refractivity contribution < 1.29 is 9.53 Å². The first-order valence-electron chi connectivity index (χ1n) is 8.30. The second-order valence-electron chi connectivity index (χ2n) is 5.64. The summed E-state index contributed by atoms with van der Waals surface area (Å²) in [6, 6.07) is 15.4. The fourth-order valence-electron chi connectivity index (χ4n) is 2.63. The van der Waals surface area contributed by atoms with Crippen molar-refractivity contribution in [2.45, 2.75) is 20.0 Å². The van der Waals surface area contributed by atoms with Crippen molar-refractivity contribution in [3.8, 4) is 5.75 Å².